The van der Waals surface area contributed by atoms with Crippen molar-refractivity contribution >= 4 is 23.0 Å². The van der Waals surface area contributed by atoms with Crippen molar-refractivity contribution in [3.63, 3.8) is 0 Å². The third kappa shape index (κ3) is 3.58. The Labute approximate surface area is 96.0 Å². The van der Waals surface area contributed by atoms with Crippen molar-refractivity contribution in [1.82, 2.24) is 10.7 Å². The first kappa shape index (κ1) is 12.6. The molecule has 3 nitrogen and oxygen atoms in total. The lowest BCUT2D eigenvalue weighted by Gasteiger charge is -2.12. The highest BCUT2D eigenvalue weighted by atomic mass is 32.1. The zero-order valence-corrected chi connectivity index (χ0v) is 9.17. The second kappa shape index (κ2) is 5.02. The Morgan fingerprint density at radius 3 is 2.56 bits per heavy atom. The van der Waals surface area contributed by atoms with Crippen LogP contribution in [0.4, 0.5) is 18.9 Å². The normalized spacial score (nSPS) is 10.8. The van der Waals surface area contributed by atoms with Gasteiger partial charge in [0, 0.05) is 7.05 Å². The van der Waals surface area contributed by atoms with Crippen LogP contribution in [0, 0.1) is 0 Å². The van der Waals surface area contributed by atoms with Crippen molar-refractivity contribution < 1.29 is 13.2 Å². The molecule has 7 heteroatoms. The van der Waals surface area contributed by atoms with Crippen molar-refractivity contribution in [3.8, 4) is 0 Å². The molecule has 0 bridgehead atoms. The molecule has 0 aromatic heterocycles. The summed E-state index contributed by atoms with van der Waals surface area (Å²) in [7, 11) is 1.60. The predicted molar refractivity (Wildman–Crippen MR) is 59.9 cm³/mol. The lowest BCUT2D eigenvalue weighted by atomic mass is 10.2. The fourth-order valence-electron chi connectivity index (χ4n) is 0.965. The first-order valence-corrected chi connectivity index (χ1v) is 4.75. The van der Waals surface area contributed by atoms with Crippen LogP contribution < -0.4 is 16.2 Å². The molecule has 0 heterocycles. The number of anilines is 1. The van der Waals surface area contributed by atoms with Gasteiger partial charge in [0.25, 0.3) is 0 Å². The summed E-state index contributed by atoms with van der Waals surface area (Å²) in [5.41, 5.74) is 4.66. The summed E-state index contributed by atoms with van der Waals surface area (Å²) >= 11 is 4.75. The van der Waals surface area contributed by atoms with Gasteiger partial charge >= 0.3 is 6.18 Å². The Hall–Kier alpha value is -1.50. The Balaban J connectivity index is 2.72. The number of benzene rings is 1. The first-order chi connectivity index (χ1) is 7.43. The Morgan fingerprint density at radius 2 is 2.00 bits per heavy atom. The Bertz CT molecular complexity index is 379. The van der Waals surface area contributed by atoms with E-state index in [9.17, 15) is 13.2 Å². The lowest BCUT2D eigenvalue weighted by Crippen LogP contribution is -2.36. The van der Waals surface area contributed by atoms with Gasteiger partial charge in [-0.05, 0) is 30.4 Å². The molecule has 0 unspecified atom stereocenters. The molecule has 0 fully saturated rings. The summed E-state index contributed by atoms with van der Waals surface area (Å²) in [6.45, 7) is 0. The molecule has 0 radical (unpaired) electrons. The summed E-state index contributed by atoms with van der Waals surface area (Å²) in [5.74, 6) is 0. The topological polar surface area (TPSA) is 36.1 Å². The maximum absolute atomic E-state index is 12.3. The predicted octanol–water partition coefficient (Wildman–Crippen LogP) is 2.13. The number of alkyl halides is 3. The van der Waals surface area contributed by atoms with Crippen molar-refractivity contribution in [3.05, 3.63) is 29.8 Å². The van der Waals surface area contributed by atoms with E-state index >= 15 is 0 Å². The quantitative estimate of drug-likeness (QED) is 0.554. The standard InChI is InChI=1S/C9H10F3N3S/c1-13-8(16)15-14-7-4-2-3-6(5-7)9(10,11)12/h2-5,14H,1H3,(H2,13,15,16). The van der Waals surface area contributed by atoms with Crippen LogP contribution in [0.3, 0.4) is 0 Å². The van der Waals surface area contributed by atoms with Crippen molar-refractivity contribution in [2.24, 2.45) is 0 Å². The van der Waals surface area contributed by atoms with E-state index in [0.717, 1.165) is 12.1 Å². The summed E-state index contributed by atoms with van der Waals surface area (Å²) in [6, 6.07) is 4.81. The smallest absolute Gasteiger partial charge is 0.364 e. The van der Waals surface area contributed by atoms with Gasteiger partial charge in [-0.2, -0.15) is 13.2 Å². The molecule has 88 valence electrons. The number of hydrogen-bond donors (Lipinski definition) is 3. The monoisotopic (exact) mass is 249 g/mol. The van der Waals surface area contributed by atoms with Crippen molar-refractivity contribution in [2.45, 2.75) is 6.18 Å². The van der Waals surface area contributed by atoms with E-state index in [1.807, 2.05) is 0 Å². The van der Waals surface area contributed by atoms with Gasteiger partial charge in [-0.25, -0.2) is 0 Å². The van der Waals surface area contributed by atoms with E-state index in [2.05, 4.69) is 16.2 Å². The molecule has 0 amide bonds. The van der Waals surface area contributed by atoms with Gasteiger partial charge < -0.3 is 5.32 Å². The van der Waals surface area contributed by atoms with E-state index in [4.69, 9.17) is 12.2 Å². The van der Waals surface area contributed by atoms with Crippen molar-refractivity contribution in [2.75, 3.05) is 12.5 Å². The molecule has 1 rings (SSSR count). The van der Waals surface area contributed by atoms with E-state index in [-0.39, 0.29) is 10.8 Å². The van der Waals surface area contributed by atoms with E-state index in [0.29, 0.717) is 0 Å². The zero-order valence-electron chi connectivity index (χ0n) is 8.35. The third-order valence-corrected chi connectivity index (χ3v) is 2.04. The highest BCUT2D eigenvalue weighted by Gasteiger charge is 2.30. The minimum absolute atomic E-state index is 0.285. The molecular formula is C9H10F3N3S. The summed E-state index contributed by atoms with van der Waals surface area (Å²) < 4.78 is 37.0. The van der Waals surface area contributed by atoms with E-state index in [1.54, 1.807) is 7.05 Å². The Morgan fingerprint density at radius 1 is 1.31 bits per heavy atom. The molecule has 16 heavy (non-hydrogen) atoms. The van der Waals surface area contributed by atoms with Crippen LogP contribution in [0.5, 0.6) is 0 Å². The maximum atomic E-state index is 12.3. The van der Waals surface area contributed by atoms with Crippen LogP contribution in [0.15, 0.2) is 24.3 Å². The molecule has 0 saturated carbocycles. The summed E-state index contributed by atoms with van der Waals surface area (Å²) in [4.78, 5) is 0. The van der Waals surface area contributed by atoms with Crippen LogP contribution in [0.2, 0.25) is 0 Å². The molecule has 3 N–H and O–H groups in total. The molecule has 0 aliphatic heterocycles. The molecule has 0 aliphatic rings. The fourth-order valence-corrected chi connectivity index (χ4v) is 1.02. The van der Waals surface area contributed by atoms with Crippen molar-refractivity contribution in [1.29, 1.82) is 0 Å². The third-order valence-electron chi connectivity index (χ3n) is 1.74. The highest BCUT2D eigenvalue weighted by molar-refractivity contribution is 7.80. The van der Waals surface area contributed by atoms with Crippen LogP contribution >= 0.6 is 12.2 Å². The van der Waals surface area contributed by atoms with Crippen LogP contribution in [0.1, 0.15) is 5.56 Å². The molecule has 0 saturated heterocycles. The lowest BCUT2D eigenvalue weighted by molar-refractivity contribution is -0.137. The zero-order chi connectivity index (χ0) is 12.2. The van der Waals surface area contributed by atoms with Crippen LogP contribution in [-0.2, 0) is 6.18 Å². The maximum Gasteiger partial charge on any atom is 0.416 e. The molecule has 1 aromatic carbocycles. The summed E-state index contributed by atoms with van der Waals surface area (Å²) in [6.07, 6.45) is -4.35. The molecule has 0 atom stereocenters. The number of thiocarbonyl (C=S) groups is 1. The fraction of sp³-hybridized carbons (Fsp3) is 0.222. The van der Waals surface area contributed by atoms with Gasteiger partial charge in [-0.3, -0.25) is 10.9 Å². The summed E-state index contributed by atoms with van der Waals surface area (Å²) in [5, 5.41) is 2.90. The SMILES string of the molecule is CNC(=S)NNc1cccc(C(F)(F)F)c1. The van der Waals surface area contributed by atoms with Gasteiger partial charge in [0.2, 0.25) is 0 Å². The van der Waals surface area contributed by atoms with E-state index in [1.165, 1.54) is 12.1 Å². The largest absolute Gasteiger partial charge is 0.416 e. The molecule has 0 spiro atoms. The molecule has 1 aromatic rings. The second-order valence-electron chi connectivity index (χ2n) is 2.91. The second-order valence-corrected chi connectivity index (χ2v) is 3.32. The number of hydrazine groups is 1. The minimum atomic E-state index is -4.35. The van der Waals surface area contributed by atoms with Gasteiger partial charge in [0.1, 0.15) is 0 Å². The van der Waals surface area contributed by atoms with E-state index < -0.39 is 11.7 Å². The number of nitrogens with one attached hydrogen (secondary N) is 3. The van der Waals surface area contributed by atoms with Gasteiger partial charge in [-0.1, -0.05) is 6.07 Å². The number of hydrogen-bond acceptors (Lipinski definition) is 2. The van der Waals surface area contributed by atoms with Crippen LogP contribution in [-0.4, -0.2) is 12.2 Å². The van der Waals surface area contributed by atoms with Gasteiger partial charge in [0.05, 0.1) is 11.3 Å². The van der Waals surface area contributed by atoms with Crippen LogP contribution in [0.25, 0.3) is 0 Å². The minimum Gasteiger partial charge on any atom is -0.364 e. The first-order valence-electron chi connectivity index (χ1n) is 4.34. The van der Waals surface area contributed by atoms with Gasteiger partial charge in [-0.15, -0.1) is 0 Å². The molecule has 0 aliphatic carbocycles. The highest BCUT2D eigenvalue weighted by Crippen LogP contribution is 2.30. The average Bonchev–Trinajstić information content (AvgIpc) is 2.25. The average molecular weight is 249 g/mol. The molecular weight excluding hydrogens is 239 g/mol. The number of rotatable bonds is 2. The van der Waals surface area contributed by atoms with Gasteiger partial charge in [0.15, 0.2) is 5.11 Å². The number of halogens is 3. The Kier molecular flexibility index (Phi) is 3.94.